The van der Waals surface area contributed by atoms with Crippen LogP contribution < -0.4 is 5.73 Å². The lowest BCUT2D eigenvalue weighted by Crippen LogP contribution is -2.46. The monoisotopic (exact) mass is 252 g/mol. The Morgan fingerprint density at radius 2 is 1.89 bits per heavy atom. The number of amides is 1. The van der Waals surface area contributed by atoms with Crippen LogP contribution >= 0.6 is 0 Å². The summed E-state index contributed by atoms with van der Waals surface area (Å²) in [6, 6.07) is 5.69. The second-order valence-corrected chi connectivity index (χ2v) is 4.75. The predicted octanol–water partition coefficient (Wildman–Crippen LogP) is 2.16. The molecule has 0 aromatic heterocycles. The van der Waals surface area contributed by atoms with E-state index in [2.05, 4.69) is 0 Å². The van der Waals surface area contributed by atoms with Gasteiger partial charge in [0.1, 0.15) is 5.82 Å². The Morgan fingerprint density at radius 3 is 2.33 bits per heavy atom. The number of hydrogen-bond donors (Lipinski definition) is 1. The molecule has 1 unspecified atom stereocenters. The average Bonchev–Trinajstić information content (AvgIpc) is 2.36. The molecule has 0 aliphatic heterocycles. The van der Waals surface area contributed by atoms with Crippen LogP contribution in [-0.4, -0.2) is 23.4 Å². The van der Waals surface area contributed by atoms with E-state index in [9.17, 15) is 9.18 Å². The van der Waals surface area contributed by atoms with Gasteiger partial charge in [-0.15, -0.1) is 0 Å². The minimum absolute atomic E-state index is 0.0585. The molecule has 0 aliphatic carbocycles. The van der Waals surface area contributed by atoms with Gasteiger partial charge in [-0.2, -0.15) is 0 Å². The van der Waals surface area contributed by atoms with E-state index in [0.717, 1.165) is 5.56 Å². The SMILES string of the molecule is CCN(Cc1ccc(F)cc1)C(=O)C(N)C(C)C. The Bertz CT molecular complexity index is 389. The van der Waals surface area contributed by atoms with Crippen molar-refractivity contribution in [3.05, 3.63) is 35.6 Å². The third kappa shape index (κ3) is 3.81. The molecule has 0 spiro atoms. The van der Waals surface area contributed by atoms with Gasteiger partial charge in [-0.25, -0.2) is 4.39 Å². The van der Waals surface area contributed by atoms with Crippen LogP contribution in [0.4, 0.5) is 4.39 Å². The van der Waals surface area contributed by atoms with Crippen LogP contribution in [0.3, 0.4) is 0 Å². The van der Waals surface area contributed by atoms with E-state index in [1.165, 1.54) is 12.1 Å². The van der Waals surface area contributed by atoms with Crippen molar-refractivity contribution in [2.75, 3.05) is 6.54 Å². The molecule has 100 valence electrons. The van der Waals surface area contributed by atoms with Crippen molar-refractivity contribution in [2.45, 2.75) is 33.4 Å². The van der Waals surface area contributed by atoms with Crippen LogP contribution in [0.5, 0.6) is 0 Å². The van der Waals surface area contributed by atoms with Gasteiger partial charge in [0.25, 0.3) is 0 Å². The fraction of sp³-hybridized carbons (Fsp3) is 0.500. The number of rotatable bonds is 5. The van der Waals surface area contributed by atoms with Crippen molar-refractivity contribution in [1.82, 2.24) is 4.90 Å². The van der Waals surface area contributed by atoms with E-state index in [-0.39, 0.29) is 17.6 Å². The molecule has 1 aromatic carbocycles. The number of carbonyl (C=O) groups is 1. The molecular formula is C14H21FN2O. The van der Waals surface area contributed by atoms with Gasteiger partial charge in [-0.3, -0.25) is 4.79 Å². The highest BCUT2D eigenvalue weighted by Crippen LogP contribution is 2.10. The summed E-state index contributed by atoms with van der Waals surface area (Å²) >= 11 is 0. The number of likely N-dealkylation sites (N-methyl/N-ethyl adjacent to an activating group) is 1. The van der Waals surface area contributed by atoms with Gasteiger partial charge in [0.2, 0.25) is 5.91 Å². The van der Waals surface area contributed by atoms with E-state index in [1.807, 2.05) is 20.8 Å². The Balaban J connectivity index is 2.72. The third-order valence-corrected chi connectivity index (χ3v) is 2.98. The first kappa shape index (κ1) is 14.6. The second kappa shape index (κ2) is 6.50. The van der Waals surface area contributed by atoms with Crippen LogP contribution in [-0.2, 0) is 11.3 Å². The highest BCUT2D eigenvalue weighted by Gasteiger charge is 2.22. The van der Waals surface area contributed by atoms with Crippen LogP contribution in [0.15, 0.2) is 24.3 Å². The van der Waals surface area contributed by atoms with E-state index in [1.54, 1.807) is 17.0 Å². The zero-order valence-electron chi connectivity index (χ0n) is 11.2. The van der Waals surface area contributed by atoms with Crippen LogP contribution in [0, 0.1) is 11.7 Å². The molecule has 1 atom stereocenters. The van der Waals surface area contributed by atoms with Gasteiger partial charge in [-0.05, 0) is 30.5 Å². The second-order valence-electron chi connectivity index (χ2n) is 4.75. The standard InChI is InChI=1S/C14H21FN2O/c1-4-17(14(18)13(16)10(2)3)9-11-5-7-12(15)8-6-11/h5-8,10,13H,4,9,16H2,1-3H3. The van der Waals surface area contributed by atoms with E-state index in [0.29, 0.717) is 13.1 Å². The summed E-state index contributed by atoms with van der Waals surface area (Å²) in [6.07, 6.45) is 0. The van der Waals surface area contributed by atoms with Gasteiger partial charge in [0, 0.05) is 13.1 Å². The maximum Gasteiger partial charge on any atom is 0.240 e. The molecule has 0 bridgehead atoms. The fourth-order valence-corrected chi connectivity index (χ4v) is 1.65. The molecule has 1 rings (SSSR count). The topological polar surface area (TPSA) is 46.3 Å². The van der Waals surface area contributed by atoms with Crippen LogP contribution in [0.2, 0.25) is 0 Å². The predicted molar refractivity (Wildman–Crippen MR) is 70.3 cm³/mol. The summed E-state index contributed by atoms with van der Waals surface area (Å²) in [7, 11) is 0. The van der Waals surface area contributed by atoms with Gasteiger partial charge in [0.05, 0.1) is 6.04 Å². The number of nitrogens with zero attached hydrogens (tertiary/aromatic N) is 1. The molecule has 0 radical (unpaired) electrons. The Labute approximate surface area is 108 Å². The van der Waals surface area contributed by atoms with Gasteiger partial charge < -0.3 is 10.6 Å². The van der Waals surface area contributed by atoms with Crippen molar-refractivity contribution in [1.29, 1.82) is 0 Å². The Hall–Kier alpha value is -1.42. The first-order valence-corrected chi connectivity index (χ1v) is 6.24. The normalized spacial score (nSPS) is 12.6. The molecule has 1 amide bonds. The highest BCUT2D eigenvalue weighted by molar-refractivity contribution is 5.81. The van der Waals surface area contributed by atoms with Crippen LogP contribution in [0.1, 0.15) is 26.3 Å². The van der Waals surface area contributed by atoms with Crippen molar-refractivity contribution in [2.24, 2.45) is 11.7 Å². The summed E-state index contributed by atoms with van der Waals surface area (Å²) in [6.45, 7) is 6.82. The quantitative estimate of drug-likeness (QED) is 0.873. The summed E-state index contributed by atoms with van der Waals surface area (Å²) in [5.74, 6) is -0.219. The maximum atomic E-state index is 12.8. The Kier molecular flexibility index (Phi) is 5.28. The molecule has 3 nitrogen and oxygen atoms in total. The smallest absolute Gasteiger partial charge is 0.240 e. The fourth-order valence-electron chi connectivity index (χ4n) is 1.65. The molecule has 0 aliphatic rings. The van der Waals surface area contributed by atoms with Gasteiger partial charge in [0.15, 0.2) is 0 Å². The Morgan fingerprint density at radius 1 is 1.33 bits per heavy atom. The van der Waals surface area contributed by atoms with E-state index < -0.39 is 6.04 Å². The first-order chi connectivity index (χ1) is 8.45. The lowest BCUT2D eigenvalue weighted by atomic mass is 10.0. The molecule has 4 heteroatoms. The number of hydrogen-bond acceptors (Lipinski definition) is 2. The van der Waals surface area contributed by atoms with Gasteiger partial charge >= 0.3 is 0 Å². The summed E-state index contributed by atoms with van der Waals surface area (Å²) in [4.78, 5) is 13.8. The van der Waals surface area contributed by atoms with Crippen LogP contribution in [0.25, 0.3) is 0 Å². The van der Waals surface area contributed by atoms with Crippen molar-refractivity contribution in [3.63, 3.8) is 0 Å². The van der Waals surface area contributed by atoms with E-state index >= 15 is 0 Å². The van der Waals surface area contributed by atoms with Gasteiger partial charge in [-0.1, -0.05) is 26.0 Å². The molecule has 0 fully saturated rings. The van der Waals surface area contributed by atoms with E-state index in [4.69, 9.17) is 5.73 Å². The lowest BCUT2D eigenvalue weighted by Gasteiger charge is -2.26. The third-order valence-electron chi connectivity index (χ3n) is 2.98. The summed E-state index contributed by atoms with van der Waals surface area (Å²) in [5.41, 5.74) is 6.77. The number of benzene rings is 1. The molecule has 0 saturated carbocycles. The number of nitrogens with two attached hydrogens (primary N) is 1. The zero-order valence-corrected chi connectivity index (χ0v) is 11.2. The molecule has 1 aromatic rings. The highest BCUT2D eigenvalue weighted by atomic mass is 19.1. The largest absolute Gasteiger partial charge is 0.337 e. The first-order valence-electron chi connectivity index (χ1n) is 6.24. The minimum Gasteiger partial charge on any atom is -0.337 e. The summed E-state index contributed by atoms with van der Waals surface area (Å²) < 4.78 is 12.8. The molecule has 18 heavy (non-hydrogen) atoms. The van der Waals surface area contributed by atoms with Crippen molar-refractivity contribution < 1.29 is 9.18 Å². The number of halogens is 1. The zero-order chi connectivity index (χ0) is 13.7. The molecule has 0 saturated heterocycles. The average molecular weight is 252 g/mol. The lowest BCUT2D eigenvalue weighted by molar-refractivity contribution is -0.134. The molecule has 0 heterocycles. The van der Waals surface area contributed by atoms with Crippen molar-refractivity contribution in [3.8, 4) is 0 Å². The maximum absolute atomic E-state index is 12.8. The summed E-state index contributed by atoms with van der Waals surface area (Å²) in [5, 5.41) is 0. The van der Waals surface area contributed by atoms with Crippen molar-refractivity contribution >= 4 is 5.91 Å². The molecular weight excluding hydrogens is 231 g/mol. The minimum atomic E-state index is -0.481. The number of carbonyl (C=O) groups excluding carboxylic acids is 1. The molecule has 2 N–H and O–H groups in total.